The number of aryl methyl sites for hydroxylation is 1. The van der Waals surface area contributed by atoms with Crippen molar-refractivity contribution in [1.82, 2.24) is 9.71 Å². The van der Waals surface area contributed by atoms with E-state index in [-0.39, 0.29) is 10.3 Å². The number of thiazole rings is 1. The number of halogens is 1. The molecule has 0 saturated heterocycles. The van der Waals surface area contributed by atoms with Gasteiger partial charge in [0.1, 0.15) is 0 Å². The molecule has 4 nitrogen and oxygen atoms in total. The van der Waals surface area contributed by atoms with Gasteiger partial charge in [0.15, 0.2) is 4.21 Å². The van der Waals surface area contributed by atoms with E-state index in [0.717, 1.165) is 23.2 Å². The minimum absolute atomic E-state index is 0.0510. The molecule has 1 N–H and O–H groups in total. The fourth-order valence-electron chi connectivity index (χ4n) is 1.23. The first kappa shape index (κ1) is 14.1. The molecule has 0 bridgehead atoms. The number of hydrogen-bond acceptors (Lipinski definition) is 4. The second kappa shape index (κ2) is 6.09. The summed E-state index contributed by atoms with van der Waals surface area (Å²) >= 11 is 4.51. The van der Waals surface area contributed by atoms with Crippen LogP contribution in [0.3, 0.4) is 0 Å². The molecule has 1 unspecified atom stereocenters. The zero-order valence-corrected chi connectivity index (χ0v) is 12.5. The number of nitrogens with one attached hydrogen (secondary N) is 1. The molecule has 0 radical (unpaired) electrons. The monoisotopic (exact) mass is 326 g/mol. The Labute approximate surface area is 109 Å². The van der Waals surface area contributed by atoms with Crippen molar-refractivity contribution in [2.24, 2.45) is 0 Å². The summed E-state index contributed by atoms with van der Waals surface area (Å²) in [4.78, 5) is 3.94. The maximum Gasteiger partial charge on any atom is 0.251 e. The van der Waals surface area contributed by atoms with Gasteiger partial charge in [0.05, 0.1) is 11.2 Å². The van der Waals surface area contributed by atoms with E-state index in [9.17, 15) is 8.42 Å². The standard InChI is InChI=1S/C9H15BrN2O2S2/c1-7(4-3-5-10)12-16(13,14)9-6-11-8(2)15-9/h6-7,12H,3-5H2,1-2H3. The topological polar surface area (TPSA) is 59.1 Å². The largest absolute Gasteiger partial charge is 0.251 e. The molecule has 0 aliphatic rings. The van der Waals surface area contributed by atoms with E-state index in [2.05, 4.69) is 25.6 Å². The first-order valence-corrected chi connectivity index (χ1v) is 8.38. The highest BCUT2D eigenvalue weighted by Gasteiger charge is 2.19. The molecule has 0 saturated carbocycles. The maximum atomic E-state index is 11.9. The van der Waals surface area contributed by atoms with Gasteiger partial charge < -0.3 is 0 Å². The summed E-state index contributed by atoms with van der Waals surface area (Å²) in [6, 6.07) is -0.0510. The van der Waals surface area contributed by atoms with Crippen molar-refractivity contribution < 1.29 is 8.42 Å². The van der Waals surface area contributed by atoms with E-state index in [1.807, 2.05) is 6.92 Å². The van der Waals surface area contributed by atoms with Crippen molar-refractivity contribution in [1.29, 1.82) is 0 Å². The number of sulfonamides is 1. The molecule has 1 heterocycles. The van der Waals surface area contributed by atoms with Gasteiger partial charge in [-0.2, -0.15) is 0 Å². The van der Waals surface area contributed by atoms with Crippen molar-refractivity contribution in [3.63, 3.8) is 0 Å². The molecule has 1 atom stereocenters. The summed E-state index contributed by atoms with van der Waals surface area (Å²) in [5.41, 5.74) is 0. The number of aromatic nitrogens is 1. The second-order valence-corrected chi connectivity index (χ2v) is 7.52. The molecule has 1 rings (SSSR count). The Morgan fingerprint density at radius 2 is 2.31 bits per heavy atom. The van der Waals surface area contributed by atoms with Gasteiger partial charge in [-0.15, -0.1) is 11.3 Å². The van der Waals surface area contributed by atoms with Gasteiger partial charge in [-0.25, -0.2) is 18.1 Å². The van der Waals surface area contributed by atoms with Crippen LogP contribution in [-0.4, -0.2) is 24.8 Å². The number of rotatable bonds is 6. The fourth-order valence-corrected chi connectivity index (χ4v) is 3.96. The van der Waals surface area contributed by atoms with Crippen LogP contribution in [0, 0.1) is 6.92 Å². The Morgan fingerprint density at radius 1 is 1.62 bits per heavy atom. The molecule has 0 amide bonds. The van der Waals surface area contributed by atoms with Gasteiger partial charge in [-0.1, -0.05) is 15.9 Å². The van der Waals surface area contributed by atoms with Crippen molar-refractivity contribution in [2.75, 3.05) is 5.33 Å². The summed E-state index contributed by atoms with van der Waals surface area (Å²) < 4.78 is 26.7. The lowest BCUT2D eigenvalue weighted by atomic mass is 10.2. The lowest BCUT2D eigenvalue weighted by Gasteiger charge is -2.11. The van der Waals surface area contributed by atoms with Gasteiger partial charge in [-0.3, -0.25) is 0 Å². The van der Waals surface area contributed by atoms with Gasteiger partial charge >= 0.3 is 0 Å². The van der Waals surface area contributed by atoms with E-state index in [1.165, 1.54) is 17.5 Å². The van der Waals surface area contributed by atoms with E-state index < -0.39 is 10.0 Å². The smallest absolute Gasteiger partial charge is 0.249 e. The lowest BCUT2D eigenvalue weighted by molar-refractivity contribution is 0.546. The van der Waals surface area contributed by atoms with Crippen molar-refractivity contribution in [2.45, 2.75) is 36.9 Å². The van der Waals surface area contributed by atoms with Gasteiger partial charge in [0.2, 0.25) is 0 Å². The van der Waals surface area contributed by atoms with Crippen molar-refractivity contribution >= 4 is 37.3 Å². The van der Waals surface area contributed by atoms with Crippen molar-refractivity contribution in [3.8, 4) is 0 Å². The summed E-state index contributed by atoms with van der Waals surface area (Å²) in [6.07, 6.45) is 3.17. The molecule has 92 valence electrons. The molecule has 0 aromatic carbocycles. The van der Waals surface area contributed by atoms with E-state index >= 15 is 0 Å². The first-order chi connectivity index (χ1) is 7.45. The second-order valence-electron chi connectivity index (χ2n) is 3.55. The van der Waals surface area contributed by atoms with Crippen LogP contribution in [0.25, 0.3) is 0 Å². The van der Waals surface area contributed by atoms with Crippen LogP contribution >= 0.6 is 27.3 Å². The highest BCUT2D eigenvalue weighted by molar-refractivity contribution is 9.09. The highest BCUT2D eigenvalue weighted by Crippen LogP contribution is 2.18. The normalized spacial score (nSPS) is 13.9. The van der Waals surface area contributed by atoms with Crippen LogP contribution < -0.4 is 4.72 Å². The quantitative estimate of drug-likeness (QED) is 0.816. The SMILES string of the molecule is Cc1ncc(S(=O)(=O)NC(C)CCCBr)s1. The Bertz CT molecular complexity index is 430. The zero-order chi connectivity index (χ0) is 12.2. The van der Waals surface area contributed by atoms with Crippen LogP contribution in [-0.2, 0) is 10.0 Å². The molecule has 1 aromatic rings. The third-order valence-electron chi connectivity index (χ3n) is 1.99. The molecule has 0 fully saturated rings. The third kappa shape index (κ3) is 4.12. The molecule has 7 heteroatoms. The molecular weight excluding hydrogens is 312 g/mol. The first-order valence-electron chi connectivity index (χ1n) is 4.96. The van der Waals surface area contributed by atoms with Crippen LogP contribution in [0.4, 0.5) is 0 Å². The van der Waals surface area contributed by atoms with E-state index in [1.54, 1.807) is 6.92 Å². The number of hydrogen-bond donors (Lipinski definition) is 1. The average Bonchev–Trinajstić information content (AvgIpc) is 2.62. The molecule has 1 aromatic heterocycles. The minimum Gasteiger partial charge on any atom is -0.249 e. The van der Waals surface area contributed by atoms with Crippen LogP contribution in [0.15, 0.2) is 10.4 Å². The molecule has 0 aliphatic carbocycles. The minimum atomic E-state index is -3.38. The third-order valence-corrected chi connectivity index (χ3v) is 5.52. The summed E-state index contributed by atoms with van der Waals surface area (Å²) in [7, 11) is -3.38. The van der Waals surface area contributed by atoms with Gasteiger partial charge in [0, 0.05) is 11.4 Å². The average molecular weight is 327 g/mol. The summed E-state index contributed by atoms with van der Waals surface area (Å²) in [6.45, 7) is 3.66. The Kier molecular flexibility index (Phi) is 5.36. The lowest BCUT2D eigenvalue weighted by Crippen LogP contribution is -2.32. The number of alkyl halides is 1. The fraction of sp³-hybridized carbons (Fsp3) is 0.667. The zero-order valence-electron chi connectivity index (χ0n) is 9.23. The van der Waals surface area contributed by atoms with Crippen molar-refractivity contribution in [3.05, 3.63) is 11.2 Å². The molecular formula is C9H15BrN2O2S2. The predicted octanol–water partition coefficient (Wildman–Crippen LogP) is 2.29. The van der Waals surface area contributed by atoms with Gasteiger partial charge in [-0.05, 0) is 26.7 Å². The Balaban J connectivity index is 2.65. The van der Waals surface area contributed by atoms with E-state index in [4.69, 9.17) is 0 Å². The van der Waals surface area contributed by atoms with Crippen LogP contribution in [0.5, 0.6) is 0 Å². The Hall–Kier alpha value is 0.0200. The number of nitrogens with zero attached hydrogens (tertiary/aromatic N) is 1. The van der Waals surface area contributed by atoms with Crippen LogP contribution in [0.2, 0.25) is 0 Å². The Morgan fingerprint density at radius 3 is 2.81 bits per heavy atom. The summed E-state index contributed by atoms with van der Waals surface area (Å²) in [5, 5.41) is 1.65. The van der Waals surface area contributed by atoms with Crippen LogP contribution in [0.1, 0.15) is 24.8 Å². The highest BCUT2D eigenvalue weighted by atomic mass is 79.9. The molecule has 0 aliphatic heterocycles. The molecule has 0 spiro atoms. The van der Waals surface area contributed by atoms with Gasteiger partial charge in [0.25, 0.3) is 10.0 Å². The summed E-state index contributed by atoms with van der Waals surface area (Å²) in [5.74, 6) is 0. The molecule has 16 heavy (non-hydrogen) atoms. The maximum absolute atomic E-state index is 11.9. The van der Waals surface area contributed by atoms with E-state index in [0.29, 0.717) is 0 Å². The predicted molar refractivity (Wildman–Crippen MR) is 69.7 cm³/mol.